The first-order chi connectivity index (χ1) is 12.3. The van der Waals surface area contributed by atoms with Gasteiger partial charge < -0.3 is 9.47 Å². The van der Waals surface area contributed by atoms with Gasteiger partial charge in [-0.25, -0.2) is 13.1 Å². The Labute approximate surface area is 160 Å². The van der Waals surface area contributed by atoms with Gasteiger partial charge >= 0.3 is 0 Å². The summed E-state index contributed by atoms with van der Waals surface area (Å²) < 4.78 is 38.7. The second-order valence-electron chi connectivity index (χ2n) is 5.80. The molecule has 0 spiro atoms. The fraction of sp³-hybridized carbons (Fsp3) is 0.368. The Bertz CT molecular complexity index is 822. The van der Waals surface area contributed by atoms with Gasteiger partial charge in [0, 0.05) is 11.1 Å². The van der Waals surface area contributed by atoms with Crippen molar-refractivity contribution in [3.05, 3.63) is 58.6 Å². The Kier molecular flexibility index (Phi) is 7.32. The molecule has 1 atom stereocenters. The summed E-state index contributed by atoms with van der Waals surface area (Å²) in [6.45, 7) is 6.62. The minimum absolute atomic E-state index is 0.107. The van der Waals surface area contributed by atoms with Crippen molar-refractivity contribution in [1.29, 1.82) is 0 Å². The second kappa shape index (κ2) is 9.26. The van der Waals surface area contributed by atoms with Crippen LogP contribution < -0.4 is 14.2 Å². The third kappa shape index (κ3) is 5.90. The van der Waals surface area contributed by atoms with Gasteiger partial charge in [0.2, 0.25) is 10.0 Å². The zero-order chi connectivity index (χ0) is 19.2. The van der Waals surface area contributed by atoms with E-state index in [1.807, 2.05) is 26.0 Å². The van der Waals surface area contributed by atoms with E-state index in [-0.39, 0.29) is 5.75 Å². The number of halogens is 1. The highest BCUT2D eigenvalue weighted by molar-refractivity contribution is 7.88. The first-order valence-corrected chi connectivity index (χ1v) is 10.5. The molecule has 26 heavy (non-hydrogen) atoms. The summed E-state index contributed by atoms with van der Waals surface area (Å²) in [7, 11) is -3.51. The van der Waals surface area contributed by atoms with E-state index in [0.29, 0.717) is 35.3 Å². The van der Waals surface area contributed by atoms with Crippen LogP contribution in [0.25, 0.3) is 0 Å². The van der Waals surface area contributed by atoms with Gasteiger partial charge in [0.25, 0.3) is 0 Å². The minimum atomic E-state index is -3.51. The van der Waals surface area contributed by atoms with Crippen LogP contribution in [0.15, 0.2) is 42.5 Å². The largest absolute Gasteiger partial charge is 0.490 e. The van der Waals surface area contributed by atoms with Gasteiger partial charge in [0.05, 0.1) is 19.0 Å². The van der Waals surface area contributed by atoms with Gasteiger partial charge in [-0.1, -0.05) is 29.8 Å². The Morgan fingerprint density at radius 2 is 1.62 bits per heavy atom. The van der Waals surface area contributed by atoms with Crippen molar-refractivity contribution < 1.29 is 17.9 Å². The van der Waals surface area contributed by atoms with Crippen LogP contribution in [0.3, 0.4) is 0 Å². The highest BCUT2D eigenvalue weighted by Gasteiger charge is 2.18. The molecule has 5 nitrogen and oxygen atoms in total. The van der Waals surface area contributed by atoms with Crippen LogP contribution in [0.5, 0.6) is 11.5 Å². The number of sulfonamides is 1. The molecule has 0 aliphatic rings. The lowest BCUT2D eigenvalue weighted by atomic mass is 10.1. The second-order valence-corrected chi connectivity index (χ2v) is 7.99. The summed E-state index contributed by atoms with van der Waals surface area (Å²) in [5.74, 6) is 1.15. The molecule has 0 aromatic heterocycles. The van der Waals surface area contributed by atoms with Crippen LogP contribution in [0.4, 0.5) is 0 Å². The molecule has 1 N–H and O–H groups in total. The van der Waals surface area contributed by atoms with E-state index in [9.17, 15) is 8.42 Å². The molecule has 2 aromatic rings. The quantitative estimate of drug-likeness (QED) is 0.684. The van der Waals surface area contributed by atoms with Gasteiger partial charge in [-0.05, 0) is 56.2 Å². The van der Waals surface area contributed by atoms with Crippen LogP contribution in [0.2, 0.25) is 5.02 Å². The van der Waals surface area contributed by atoms with Crippen molar-refractivity contribution in [2.45, 2.75) is 32.6 Å². The lowest BCUT2D eigenvalue weighted by molar-refractivity contribution is 0.287. The van der Waals surface area contributed by atoms with E-state index in [0.717, 1.165) is 5.56 Å². The lowest BCUT2D eigenvalue weighted by Gasteiger charge is -2.17. The van der Waals surface area contributed by atoms with E-state index < -0.39 is 16.1 Å². The normalized spacial score (nSPS) is 12.6. The fourth-order valence-electron chi connectivity index (χ4n) is 2.52. The predicted molar refractivity (Wildman–Crippen MR) is 104 cm³/mol. The molecule has 0 unspecified atom stereocenters. The summed E-state index contributed by atoms with van der Waals surface area (Å²) in [6, 6.07) is 11.8. The zero-order valence-electron chi connectivity index (χ0n) is 15.2. The highest BCUT2D eigenvalue weighted by Crippen LogP contribution is 2.31. The molecule has 142 valence electrons. The predicted octanol–water partition coefficient (Wildman–Crippen LogP) is 4.32. The van der Waals surface area contributed by atoms with Crippen LogP contribution in [0, 0.1) is 0 Å². The molecular weight excluding hydrogens is 374 g/mol. The zero-order valence-corrected chi connectivity index (χ0v) is 16.7. The van der Waals surface area contributed by atoms with Crippen molar-refractivity contribution in [3.63, 3.8) is 0 Å². The number of nitrogens with one attached hydrogen (secondary N) is 1. The van der Waals surface area contributed by atoms with Crippen molar-refractivity contribution >= 4 is 21.6 Å². The van der Waals surface area contributed by atoms with E-state index in [2.05, 4.69) is 4.72 Å². The molecule has 7 heteroatoms. The Morgan fingerprint density at radius 1 is 1.00 bits per heavy atom. The molecule has 2 rings (SSSR count). The van der Waals surface area contributed by atoms with Crippen LogP contribution in [0.1, 0.15) is 37.9 Å². The molecule has 0 aliphatic carbocycles. The van der Waals surface area contributed by atoms with E-state index in [1.54, 1.807) is 37.3 Å². The molecule has 2 aromatic carbocycles. The first-order valence-electron chi connectivity index (χ1n) is 8.48. The van der Waals surface area contributed by atoms with Crippen molar-refractivity contribution in [2.75, 3.05) is 13.2 Å². The molecule has 0 bridgehead atoms. The van der Waals surface area contributed by atoms with Gasteiger partial charge in [-0.15, -0.1) is 0 Å². The Hall–Kier alpha value is -1.76. The van der Waals surface area contributed by atoms with Crippen molar-refractivity contribution in [1.82, 2.24) is 4.72 Å². The SMILES string of the molecule is CCOc1ccc([C@@H](C)NS(=O)(=O)Cc2ccc(Cl)cc2)cc1OCC. The third-order valence-corrected chi connectivity index (χ3v) is 5.37. The minimum Gasteiger partial charge on any atom is -0.490 e. The Balaban J connectivity index is 2.13. The smallest absolute Gasteiger partial charge is 0.216 e. The highest BCUT2D eigenvalue weighted by atomic mass is 35.5. The standard InChI is InChI=1S/C19H24ClNO4S/c1-4-24-18-11-8-16(12-19(18)25-5-2)14(3)21-26(22,23)13-15-6-9-17(20)10-7-15/h6-12,14,21H,4-5,13H2,1-3H3/t14-/m1/s1. The van der Waals surface area contributed by atoms with Gasteiger partial charge in [-0.2, -0.15) is 0 Å². The molecule has 0 fully saturated rings. The third-order valence-electron chi connectivity index (χ3n) is 3.69. The maximum absolute atomic E-state index is 12.4. The maximum Gasteiger partial charge on any atom is 0.216 e. The number of rotatable bonds is 9. The summed E-state index contributed by atoms with van der Waals surface area (Å²) in [5.41, 5.74) is 1.48. The fourth-order valence-corrected chi connectivity index (χ4v) is 4.03. The Morgan fingerprint density at radius 3 is 2.23 bits per heavy atom. The van der Waals surface area contributed by atoms with Crippen LogP contribution >= 0.6 is 11.6 Å². The number of hydrogen-bond acceptors (Lipinski definition) is 4. The topological polar surface area (TPSA) is 64.6 Å². The molecular formula is C19H24ClNO4S. The lowest BCUT2D eigenvalue weighted by Crippen LogP contribution is -2.28. The summed E-state index contributed by atoms with van der Waals surface area (Å²) in [5, 5.41) is 0.574. The summed E-state index contributed by atoms with van der Waals surface area (Å²) in [4.78, 5) is 0. The van der Waals surface area contributed by atoms with Crippen LogP contribution in [-0.4, -0.2) is 21.6 Å². The van der Waals surface area contributed by atoms with Crippen molar-refractivity contribution in [3.8, 4) is 11.5 Å². The van der Waals surface area contributed by atoms with E-state index in [4.69, 9.17) is 21.1 Å². The molecule has 0 heterocycles. The van der Waals surface area contributed by atoms with E-state index >= 15 is 0 Å². The first kappa shape index (κ1) is 20.6. The van der Waals surface area contributed by atoms with Crippen molar-refractivity contribution in [2.24, 2.45) is 0 Å². The van der Waals surface area contributed by atoms with Gasteiger partial charge in [0.15, 0.2) is 11.5 Å². The van der Waals surface area contributed by atoms with Crippen LogP contribution in [-0.2, 0) is 15.8 Å². The summed E-state index contributed by atoms with van der Waals surface area (Å²) >= 11 is 5.84. The summed E-state index contributed by atoms with van der Waals surface area (Å²) in [6.07, 6.45) is 0. The molecule has 0 saturated heterocycles. The molecule has 0 aliphatic heterocycles. The number of ether oxygens (including phenoxy) is 2. The molecule has 0 amide bonds. The number of hydrogen-bond donors (Lipinski definition) is 1. The van der Waals surface area contributed by atoms with E-state index in [1.165, 1.54) is 0 Å². The van der Waals surface area contributed by atoms with Gasteiger partial charge in [-0.3, -0.25) is 0 Å². The average Bonchev–Trinajstić information content (AvgIpc) is 2.58. The van der Waals surface area contributed by atoms with Gasteiger partial charge in [0.1, 0.15) is 0 Å². The maximum atomic E-state index is 12.4. The molecule has 0 radical (unpaired) electrons. The number of benzene rings is 2. The monoisotopic (exact) mass is 397 g/mol. The average molecular weight is 398 g/mol. The molecule has 0 saturated carbocycles.